The summed E-state index contributed by atoms with van der Waals surface area (Å²) in [6.45, 7) is 1.86. The number of carbonyl (C=O) groups excluding carboxylic acids is 2. The van der Waals surface area contributed by atoms with Gasteiger partial charge in [0.05, 0.1) is 11.6 Å². The fraction of sp³-hybridized carbons (Fsp3) is 0.222. The minimum absolute atomic E-state index is 0.226. The van der Waals surface area contributed by atoms with Crippen LogP contribution in [0.2, 0.25) is 0 Å². The van der Waals surface area contributed by atoms with Gasteiger partial charge in [-0.2, -0.15) is 0 Å². The van der Waals surface area contributed by atoms with Gasteiger partial charge < -0.3 is 15.2 Å². The molecule has 2 rings (SSSR count). The lowest BCUT2D eigenvalue weighted by atomic mass is 9.84. The van der Waals surface area contributed by atoms with Gasteiger partial charge in [-0.15, -0.1) is 0 Å². The van der Waals surface area contributed by atoms with Gasteiger partial charge in [-0.25, -0.2) is 0 Å². The Morgan fingerprint density at radius 3 is 2.30 bits per heavy atom. The molecule has 1 N–H and O–H groups in total. The molecule has 0 saturated carbocycles. The number of carbonyl (C=O) groups is 2. The molecule has 0 unspecified atom stereocenters. The van der Waals surface area contributed by atoms with Crippen molar-refractivity contribution in [3.8, 4) is 0 Å². The number of benzene rings is 2. The Bertz CT molecular complexity index is 688. The Kier molecular flexibility index (Phi) is 6.15. The first kappa shape index (κ1) is 17.5. The minimum atomic E-state index is -1.23. The normalized spacial score (nSPS) is 13.1. The van der Waals surface area contributed by atoms with Crippen molar-refractivity contribution in [3.05, 3.63) is 63.7 Å². The lowest BCUT2D eigenvalue weighted by Gasteiger charge is -2.24. The summed E-state index contributed by atoms with van der Waals surface area (Å²) in [6.07, 6.45) is -0.314. The number of anilines is 1. The van der Waals surface area contributed by atoms with E-state index in [1.807, 2.05) is 55.5 Å². The van der Waals surface area contributed by atoms with Crippen LogP contribution in [0.15, 0.2) is 54.6 Å². The molecule has 1 amide bonds. The second kappa shape index (κ2) is 8.10. The standard InChI is InChI=1S/C18H18INO3/c1-12(13-7-3-2-4-8-13)14(11-17(21)22)18(23)20-16-10-6-5-9-15(16)19/h2-10,12,14H,11H2,1H3,(H,20,23)(H,21,22)/p-1/t12-,14-/m0/s1. The molecule has 0 bridgehead atoms. The van der Waals surface area contributed by atoms with E-state index in [0.717, 1.165) is 9.13 Å². The van der Waals surface area contributed by atoms with E-state index in [1.165, 1.54) is 0 Å². The summed E-state index contributed by atoms with van der Waals surface area (Å²) in [5.74, 6) is -2.46. The monoisotopic (exact) mass is 422 g/mol. The molecule has 0 aliphatic heterocycles. The Balaban J connectivity index is 2.22. The van der Waals surface area contributed by atoms with Crippen LogP contribution in [-0.4, -0.2) is 11.9 Å². The fourth-order valence-corrected chi connectivity index (χ4v) is 2.98. The highest BCUT2D eigenvalue weighted by molar-refractivity contribution is 14.1. The van der Waals surface area contributed by atoms with Crippen molar-refractivity contribution in [3.63, 3.8) is 0 Å². The summed E-state index contributed by atoms with van der Waals surface area (Å²) in [7, 11) is 0. The van der Waals surface area contributed by atoms with Crippen molar-refractivity contribution < 1.29 is 14.7 Å². The van der Waals surface area contributed by atoms with Crippen molar-refractivity contribution in [2.24, 2.45) is 5.92 Å². The van der Waals surface area contributed by atoms with Gasteiger partial charge in [0.15, 0.2) is 0 Å². The van der Waals surface area contributed by atoms with Crippen LogP contribution in [0.4, 0.5) is 5.69 Å². The van der Waals surface area contributed by atoms with Crippen LogP contribution >= 0.6 is 22.6 Å². The molecule has 0 aliphatic rings. The molecule has 2 aromatic rings. The van der Waals surface area contributed by atoms with Crippen LogP contribution in [0.1, 0.15) is 24.8 Å². The third kappa shape index (κ3) is 4.79. The first-order valence-corrected chi connectivity index (χ1v) is 8.37. The van der Waals surface area contributed by atoms with E-state index in [2.05, 4.69) is 27.9 Å². The largest absolute Gasteiger partial charge is 0.550 e. The number of hydrogen-bond acceptors (Lipinski definition) is 3. The number of aliphatic carboxylic acids is 1. The average Bonchev–Trinajstić information content (AvgIpc) is 2.54. The van der Waals surface area contributed by atoms with Crippen LogP contribution in [0.25, 0.3) is 0 Å². The maximum atomic E-state index is 12.6. The van der Waals surface area contributed by atoms with Gasteiger partial charge in [-0.1, -0.05) is 49.4 Å². The van der Waals surface area contributed by atoms with Crippen molar-refractivity contribution in [2.75, 3.05) is 5.32 Å². The van der Waals surface area contributed by atoms with Gasteiger partial charge in [-0.3, -0.25) is 4.79 Å². The number of carboxylic acids is 1. The van der Waals surface area contributed by atoms with E-state index >= 15 is 0 Å². The van der Waals surface area contributed by atoms with Gasteiger partial charge >= 0.3 is 0 Å². The smallest absolute Gasteiger partial charge is 0.228 e. The third-order valence-electron chi connectivity index (χ3n) is 3.78. The van der Waals surface area contributed by atoms with Gasteiger partial charge in [0.2, 0.25) is 5.91 Å². The first-order valence-electron chi connectivity index (χ1n) is 7.29. The van der Waals surface area contributed by atoms with Gasteiger partial charge in [-0.05, 0) is 52.6 Å². The zero-order chi connectivity index (χ0) is 16.8. The maximum Gasteiger partial charge on any atom is 0.228 e. The van der Waals surface area contributed by atoms with Crippen LogP contribution in [0.5, 0.6) is 0 Å². The van der Waals surface area contributed by atoms with Crippen LogP contribution < -0.4 is 10.4 Å². The molecule has 2 atom stereocenters. The highest BCUT2D eigenvalue weighted by atomic mass is 127. The number of hydrogen-bond donors (Lipinski definition) is 1. The quantitative estimate of drug-likeness (QED) is 0.729. The molecule has 5 heteroatoms. The Morgan fingerprint density at radius 2 is 1.70 bits per heavy atom. The number of halogens is 1. The van der Waals surface area contributed by atoms with E-state index in [0.29, 0.717) is 5.69 Å². The molecule has 0 aliphatic carbocycles. The first-order chi connectivity index (χ1) is 11.0. The highest BCUT2D eigenvalue weighted by Crippen LogP contribution is 2.28. The molecule has 2 aromatic carbocycles. The van der Waals surface area contributed by atoms with Crippen molar-refractivity contribution in [2.45, 2.75) is 19.3 Å². The lowest BCUT2D eigenvalue weighted by Crippen LogP contribution is -2.34. The minimum Gasteiger partial charge on any atom is -0.550 e. The molecule has 120 valence electrons. The Labute approximate surface area is 149 Å². The summed E-state index contributed by atoms with van der Waals surface area (Å²) >= 11 is 2.13. The second-order valence-electron chi connectivity index (χ2n) is 5.35. The maximum absolute atomic E-state index is 12.6. The van der Waals surface area contributed by atoms with Crippen molar-refractivity contribution >= 4 is 40.2 Å². The Morgan fingerprint density at radius 1 is 1.09 bits per heavy atom. The summed E-state index contributed by atoms with van der Waals surface area (Å²) in [6, 6.07) is 16.8. The third-order valence-corrected chi connectivity index (χ3v) is 4.72. The summed E-state index contributed by atoms with van der Waals surface area (Å²) in [5.41, 5.74) is 1.61. The van der Waals surface area contributed by atoms with E-state index in [-0.39, 0.29) is 18.2 Å². The zero-order valence-corrected chi connectivity index (χ0v) is 14.8. The van der Waals surface area contributed by atoms with Gasteiger partial charge in [0, 0.05) is 9.54 Å². The zero-order valence-electron chi connectivity index (χ0n) is 12.7. The van der Waals surface area contributed by atoms with E-state index < -0.39 is 11.9 Å². The Hall–Kier alpha value is -1.89. The van der Waals surface area contributed by atoms with Crippen molar-refractivity contribution in [1.82, 2.24) is 0 Å². The predicted molar refractivity (Wildman–Crippen MR) is 95.8 cm³/mol. The molecule has 23 heavy (non-hydrogen) atoms. The number of para-hydroxylation sites is 1. The van der Waals surface area contributed by atoms with E-state index in [1.54, 1.807) is 6.07 Å². The van der Waals surface area contributed by atoms with Crippen molar-refractivity contribution in [1.29, 1.82) is 0 Å². The molecule has 4 nitrogen and oxygen atoms in total. The lowest BCUT2D eigenvalue weighted by molar-refractivity contribution is -0.306. The number of amides is 1. The molecule has 0 radical (unpaired) electrons. The number of nitrogens with one attached hydrogen (secondary N) is 1. The van der Waals surface area contributed by atoms with Gasteiger partial charge in [0.1, 0.15) is 0 Å². The number of rotatable bonds is 6. The molecular formula is C18H17INO3-. The second-order valence-corrected chi connectivity index (χ2v) is 6.51. The SMILES string of the molecule is C[C@@H](c1ccccc1)[C@H](CC(=O)[O-])C(=O)Nc1ccccc1I. The summed E-state index contributed by atoms with van der Waals surface area (Å²) in [5, 5.41) is 13.9. The molecular weight excluding hydrogens is 405 g/mol. The van der Waals surface area contributed by atoms with E-state index in [9.17, 15) is 14.7 Å². The van der Waals surface area contributed by atoms with Crippen LogP contribution in [0, 0.1) is 9.49 Å². The summed E-state index contributed by atoms with van der Waals surface area (Å²) in [4.78, 5) is 23.7. The molecule has 0 saturated heterocycles. The molecule has 0 spiro atoms. The van der Waals surface area contributed by atoms with Crippen LogP contribution in [0.3, 0.4) is 0 Å². The highest BCUT2D eigenvalue weighted by Gasteiger charge is 2.26. The van der Waals surface area contributed by atoms with E-state index in [4.69, 9.17) is 0 Å². The van der Waals surface area contributed by atoms with Gasteiger partial charge in [0.25, 0.3) is 0 Å². The number of carboxylic acid groups (broad SMARTS) is 1. The topological polar surface area (TPSA) is 69.2 Å². The molecule has 0 aromatic heterocycles. The molecule has 0 heterocycles. The molecule has 0 fully saturated rings. The summed E-state index contributed by atoms with van der Waals surface area (Å²) < 4.78 is 0.901. The van der Waals surface area contributed by atoms with Crippen LogP contribution in [-0.2, 0) is 9.59 Å². The predicted octanol–water partition coefficient (Wildman–Crippen LogP) is 2.79. The fourth-order valence-electron chi connectivity index (χ4n) is 2.45. The average molecular weight is 422 g/mol.